The molecule has 0 bridgehead atoms. The van der Waals surface area contributed by atoms with E-state index in [1.807, 2.05) is 38.1 Å². The van der Waals surface area contributed by atoms with Crippen LogP contribution in [0.4, 0.5) is 23.7 Å². The second kappa shape index (κ2) is 7.47. The molecule has 10 heteroatoms. The zero-order chi connectivity index (χ0) is 22.6. The first-order chi connectivity index (χ1) is 15.2. The zero-order valence-electron chi connectivity index (χ0n) is 17.7. The number of amides is 2. The number of H-pyrrole nitrogens is 1. The standard InChI is InChI=1S/C22H23F3N6O/c1-12-8-30(11-22(23,24)25)10-19(12)31-9-15-6-16-18(7-17(15)27-21(31)32)28-29-20(16)14-3-4-26-13(2)5-14/h3-7,12,19H,8-11H2,1-2H3,(H,27,32)(H,28,29). The molecule has 2 aliphatic rings. The Bertz CT molecular complexity index is 1190. The summed E-state index contributed by atoms with van der Waals surface area (Å²) in [5.41, 5.74) is 5.01. The number of pyridine rings is 1. The largest absolute Gasteiger partial charge is 0.401 e. The molecular weight excluding hydrogens is 421 g/mol. The van der Waals surface area contributed by atoms with Gasteiger partial charge in [-0.15, -0.1) is 0 Å². The summed E-state index contributed by atoms with van der Waals surface area (Å²) < 4.78 is 38.6. The van der Waals surface area contributed by atoms with Crippen molar-refractivity contribution in [2.75, 3.05) is 25.0 Å². The molecule has 5 rings (SSSR count). The molecule has 0 aliphatic carbocycles. The summed E-state index contributed by atoms with van der Waals surface area (Å²) >= 11 is 0. The molecule has 2 aromatic heterocycles. The maximum atomic E-state index is 12.9. The second-order valence-electron chi connectivity index (χ2n) is 8.72. The number of likely N-dealkylation sites (tertiary alicyclic amines) is 1. The predicted octanol–water partition coefficient (Wildman–Crippen LogP) is 4.16. The highest BCUT2D eigenvalue weighted by molar-refractivity contribution is 6.00. The summed E-state index contributed by atoms with van der Waals surface area (Å²) in [6.07, 6.45) is -2.51. The Hall–Kier alpha value is -3.14. The Kier molecular flexibility index (Phi) is 4.85. The van der Waals surface area contributed by atoms with Gasteiger partial charge in [0.25, 0.3) is 0 Å². The fraction of sp³-hybridized carbons (Fsp3) is 0.409. The van der Waals surface area contributed by atoms with E-state index < -0.39 is 12.7 Å². The van der Waals surface area contributed by atoms with Crippen LogP contribution in [0.2, 0.25) is 0 Å². The fourth-order valence-corrected chi connectivity index (χ4v) is 4.82. The minimum atomic E-state index is -4.25. The number of hydrogen-bond donors (Lipinski definition) is 2. The number of fused-ring (bicyclic) bond motifs is 2. The number of nitrogens with zero attached hydrogens (tertiary/aromatic N) is 4. The van der Waals surface area contributed by atoms with Crippen LogP contribution in [0.25, 0.3) is 22.2 Å². The SMILES string of the molecule is Cc1cc(-c2n[nH]c3cc4c(cc23)CN(C2CN(CC(F)(F)F)CC2C)C(=O)N4)ccn1. The lowest BCUT2D eigenvalue weighted by Gasteiger charge is -2.35. The highest BCUT2D eigenvalue weighted by Gasteiger charge is 2.42. The smallest absolute Gasteiger partial charge is 0.316 e. The van der Waals surface area contributed by atoms with E-state index in [-0.39, 0.29) is 24.5 Å². The molecule has 1 saturated heterocycles. The van der Waals surface area contributed by atoms with Gasteiger partial charge in [0.15, 0.2) is 0 Å². The molecule has 2 unspecified atom stereocenters. The molecule has 2 aliphatic heterocycles. The maximum Gasteiger partial charge on any atom is 0.401 e. The van der Waals surface area contributed by atoms with Crippen LogP contribution in [-0.4, -0.2) is 62.9 Å². The van der Waals surface area contributed by atoms with Crippen molar-refractivity contribution in [3.8, 4) is 11.3 Å². The van der Waals surface area contributed by atoms with Crippen LogP contribution >= 0.6 is 0 Å². The number of aryl methyl sites for hydroxylation is 1. The topological polar surface area (TPSA) is 77.2 Å². The lowest BCUT2D eigenvalue weighted by Crippen LogP contribution is -2.48. The number of rotatable bonds is 3. The maximum absolute atomic E-state index is 12.9. The number of carbonyl (C=O) groups is 1. The van der Waals surface area contributed by atoms with Crippen LogP contribution in [-0.2, 0) is 6.54 Å². The number of aromatic nitrogens is 3. The summed E-state index contributed by atoms with van der Waals surface area (Å²) in [6.45, 7) is 3.72. The number of alkyl halides is 3. The first-order valence-electron chi connectivity index (χ1n) is 10.5. The van der Waals surface area contributed by atoms with Gasteiger partial charge in [0.1, 0.15) is 5.69 Å². The monoisotopic (exact) mass is 444 g/mol. The predicted molar refractivity (Wildman–Crippen MR) is 114 cm³/mol. The first kappa shape index (κ1) is 20.7. The molecule has 2 atom stereocenters. The van der Waals surface area contributed by atoms with Gasteiger partial charge >= 0.3 is 12.2 Å². The highest BCUT2D eigenvalue weighted by atomic mass is 19.4. The first-order valence-corrected chi connectivity index (χ1v) is 10.5. The van der Waals surface area contributed by atoms with Crippen molar-refractivity contribution >= 4 is 22.6 Å². The van der Waals surface area contributed by atoms with Crippen LogP contribution in [0.3, 0.4) is 0 Å². The van der Waals surface area contributed by atoms with Gasteiger partial charge in [0.2, 0.25) is 0 Å². The number of aromatic amines is 1. The van der Waals surface area contributed by atoms with Crippen LogP contribution in [0.1, 0.15) is 18.2 Å². The number of hydrogen-bond acceptors (Lipinski definition) is 4. The third kappa shape index (κ3) is 3.79. The van der Waals surface area contributed by atoms with E-state index >= 15 is 0 Å². The van der Waals surface area contributed by atoms with Gasteiger partial charge in [0, 0.05) is 48.2 Å². The number of halogens is 3. The van der Waals surface area contributed by atoms with Gasteiger partial charge < -0.3 is 10.2 Å². The van der Waals surface area contributed by atoms with E-state index in [9.17, 15) is 18.0 Å². The van der Waals surface area contributed by atoms with E-state index in [4.69, 9.17) is 0 Å². The zero-order valence-corrected chi connectivity index (χ0v) is 17.7. The number of benzene rings is 1. The third-order valence-corrected chi connectivity index (χ3v) is 6.25. The summed E-state index contributed by atoms with van der Waals surface area (Å²) in [5, 5.41) is 11.3. The molecule has 1 aromatic carbocycles. The van der Waals surface area contributed by atoms with Gasteiger partial charge in [0.05, 0.1) is 18.1 Å². The van der Waals surface area contributed by atoms with Gasteiger partial charge in [-0.2, -0.15) is 18.3 Å². The molecular formula is C22H23F3N6O. The van der Waals surface area contributed by atoms with Gasteiger partial charge in [-0.05, 0) is 42.7 Å². The second-order valence-corrected chi connectivity index (χ2v) is 8.72. The molecule has 0 radical (unpaired) electrons. The van der Waals surface area contributed by atoms with E-state index in [2.05, 4.69) is 20.5 Å². The van der Waals surface area contributed by atoms with E-state index in [1.54, 1.807) is 11.1 Å². The Morgan fingerprint density at radius 2 is 2.03 bits per heavy atom. The van der Waals surface area contributed by atoms with Gasteiger partial charge in [-0.3, -0.25) is 15.0 Å². The third-order valence-electron chi connectivity index (χ3n) is 6.25. The Labute approximate surface area is 182 Å². The lowest BCUT2D eigenvalue weighted by molar-refractivity contribution is -0.144. The van der Waals surface area contributed by atoms with Crippen molar-refractivity contribution in [1.29, 1.82) is 0 Å². The highest BCUT2D eigenvalue weighted by Crippen LogP contribution is 2.35. The molecule has 2 N–H and O–H groups in total. The van der Waals surface area contributed by atoms with Crippen LogP contribution in [0, 0.1) is 12.8 Å². The van der Waals surface area contributed by atoms with E-state index in [0.717, 1.165) is 33.4 Å². The number of anilines is 1. The lowest BCUT2D eigenvalue weighted by atomic mass is 10.00. The van der Waals surface area contributed by atoms with Crippen molar-refractivity contribution in [2.45, 2.75) is 32.6 Å². The molecule has 7 nitrogen and oxygen atoms in total. The van der Waals surface area contributed by atoms with Crippen molar-refractivity contribution in [3.63, 3.8) is 0 Å². The fourth-order valence-electron chi connectivity index (χ4n) is 4.82. The van der Waals surface area contributed by atoms with Crippen molar-refractivity contribution in [3.05, 3.63) is 41.7 Å². The van der Waals surface area contributed by atoms with Crippen molar-refractivity contribution < 1.29 is 18.0 Å². The molecule has 3 aromatic rings. The Morgan fingerprint density at radius 1 is 1.22 bits per heavy atom. The number of carbonyl (C=O) groups excluding carboxylic acids is 1. The Morgan fingerprint density at radius 3 is 2.78 bits per heavy atom. The van der Waals surface area contributed by atoms with E-state index in [1.165, 1.54) is 4.90 Å². The van der Waals surface area contributed by atoms with Crippen LogP contribution in [0.15, 0.2) is 30.5 Å². The van der Waals surface area contributed by atoms with Crippen molar-refractivity contribution in [1.82, 2.24) is 25.0 Å². The Balaban J connectivity index is 1.45. The molecule has 0 spiro atoms. The van der Waals surface area contributed by atoms with E-state index in [0.29, 0.717) is 18.8 Å². The van der Waals surface area contributed by atoms with Crippen LogP contribution in [0.5, 0.6) is 0 Å². The normalized spacial score (nSPS) is 21.8. The number of urea groups is 1. The minimum Gasteiger partial charge on any atom is -0.316 e. The molecule has 32 heavy (non-hydrogen) atoms. The molecule has 1 fully saturated rings. The summed E-state index contributed by atoms with van der Waals surface area (Å²) in [5.74, 6) is -0.0577. The quantitative estimate of drug-likeness (QED) is 0.636. The van der Waals surface area contributed by atoms with Gasteiger partial charge in [-0.1, -0.05) is 6.92 Å². The summed E-state index contributed by atoms with van der Waals surface area (Å²) in [6, 6.07) is 7.14. The minimum absolute atomic E-state index is 0.0577. The van der Waals surface area contributed by atoms with Crippen LogP contribution < -0.4 is 5.32 Å². The molecule has 168 valence electrons. The summed E-state index contributed by atoms with van der Waals surface area (Å²) in [4.78, 5) is 20.1. The van der Waals surface area contributed by atoms with Crippen molar-refractivity contribution in [2.24, 2.45) is 5.92 Å². The molecule has 2 amide bonds. The molecule has 4 heterocycles. The molecule has 0 saturated carbocycles. The average molecular weight is 444 g/mol. The van der Waals surface area contributed by atoms with Gasteiger partial charge in [-0.25, -0.2) is 4.79 Å². The average Bonchev–Trinajstić information content (AvgIpc) is 3.27. The summed E-state index contributed by atoms with van der Waals surface area (Å²) in [7, 11) is 0. The number of nitrogens with one attached hydrogen (secondary N) is 2.